The maximum atomic E-state index is 12.9. The Bertz CT molecular complexity index is 985. The Hall–Kier alpha value is -2.01. The fourth-order valence-corrected chi connectivity index (χ4v) is 4.72. The Balaban J connectivity index is 1.94. The highest BCUT2D eigenvalue weighted by Gasteiger charge is 2.41. The highest BCUT2D eigenvalue weighted by Crippen LogP contribution is 2.37. The number of hydrogen-bond acceptors (Lipinski definition) is 7. The largest absolute Gasteiger partial charge is 0.340 e. The van der Waals surface area contributed by atoms with Crippen molar-refractivity contribution in [3.63, 3.8) is 0 Å². The smallest absolute Gasteiger partial charge is 0.266 e. The fourth-order valence-electron chi connectivity index (χ4n) is 3.25. The van der Waals surface area contributed by atoms with Crippen molar-refractivity contribution in [3.8, 4) is 0 Å². The van der Waals surface area contributed by atoms with Crippen LogP contribution in [-0.4, -0.2) is 43.1 Å². The van der Waals surface area contributed by atoms with E-state index in [2.05, 4.69) is 15.5 Å². The van der Waals surface area contributed by atoms with E-state index < -0.39 is 21.5 Å². The van der Waals surface area contributed by atoms with Gasteiger partial charge in [0.15, 0.2) is 5.82 Å². The summed E-state index contributed by atoms with van der Waals surface area (Å²) in [5.41, 5.74) is -0.587. The summed E-state index contributed by atoms with van der Waals surface area (Å²) in [4.78, 5) is 21.8. The van der Waals surface area contributed by atoms with Gasteiger partial charge in [-0.3, -0.25) is 9.63 Å². The molecule has 1 aromatic carbocycles. The van der Waals surface area contributed by atoms with Crippen LogP contribution in [0.25, 0.3) is 0 Å². The maximum Gasteiger partial charge on any atom is 0.266 e. The normalized spacial score (nSPS) is 16.5. The molecule has 0 saturated heterocycles. The number of aryl methyl sites for hydroxylation is 1. The average molecular weight is 429 g/mol. The van der Waals surface area contributed by atoms with Crippen LogP contribution >= 0.6 is 11.6 Å². The SMILES string of the molecule is CON(C)S(=O)(=O)c1cc(C(=O)NC2(c3noc(C)n3)CCCC2)ccc1Cl. The van der Waals surface area contributed by atoms with Gasteiger partial charge in [0.2, 0.25) is 5.89 Å². The summed E-state index contributed by atoms with van der Waals surface area (Å²) in [5, 5.41) is 6.94. The van der Waals surface area contributed by atoms with Gasteiger partial charge in [-0.2, -0.15) is 4.98 Å². The molecular weight excluding hydrogens is 408 g/mol. The lowest BCUT2D eigenvalue weighted by molar-refractivity contribution is -0.0258. The van der Waals surface area contributed by atoms with E-state index in [1.54, 1.807) is 6.92 Å². The monoisotopic (exact) mass is 428 g/mol. The molecule has 0 bridgehead atoms. The summed E-state index contributed by atoms with van der Waals surface area (Å²) >= 11 is 6.06. The molecule has 0 atom stereocenters. The number of halogens is 1. The van der Waals surface area contributed by atoms with E-state index in [0.717, 1.165) is 12.8 Å². The number of carbonyl (C=O) groups excluding carboxylic acids is 1. The van der Waals surface area contributed by atoms with E-state index in [1.807, 2.05) is 0 Å². The summed E-state index contributed by atoms with van der Waals surface area (Å²) in [5.74, 6) is 0.396. The molecule has 1 saturated carbocycles. The van der Waals surface area contributed by atoms with Crippen LogP contribution in [0.15, 0.2) is 27.6 Å². The molecule has 1 aromatic heterocycles. The van der Waals surface area contributed by atoms with Crippen LogP contribution in [0.4, 0.5) is 0 Å². The van der Waals surface area contributed by atoms with Crippen molar-refractivity contribution in [2.75, 3.05) is 14.2 Å². The third kappa shape index (κ3) is 3.77. The number of sulfonamides is 1. The summed E-state index contributed by atoms with van der Waals surface area (Å²) in [6.45, 7) is 1.68. The molecular formula is C17H21ClN4O5S. The minimum atomic E-state index is -4.01. The van der Waals surface area contributed by atoms with Crippen molar-refractivity contribution in [1.29, 1.82) is 0 Å². The van der Waals surface area contributed by atoms with Crippen LogP contribution in [0.5, 0.6) is 0 Å². The molecule has 11 heteroatoms. The highest BCUT2D eigenvalue weighted by molar-refractivity contribution is 7.89. The number of nitrogens with one attached hydrogen (secondary N) is 1. The molecule has 1 fully saturated rings. The van der Waals surface area contributed by atoms with Gasteiger partial charge in [-0.15, -0.1) is 0 Å². The predicted octanol–water partition coefficient (Wildman–Crippen LogP) is 2.41. The van der Waals surface area contributed by atoms with Crippen LogP contribution in [0.1, 0.15) is 47.8 Å². The van der Waals surface area contributed by atoms with Crippen LogP contribution in [0.2, 0.25) is 5.02 Å². The van der Waals surface area contributed by atoms with Crippen LogP contribution in [0, 0.1) is 6.92 Å². The molecule has 1 aliphatic rings. The molecule has 3 rings (SSSR count). The zero-order valence-electron chi connectivity index (χ0n) is 15.7. The number of rotatable bonds is 6. The van der Waals surface area contributed by atoms with E-state index >= 15 is 0 Å². The Morgan fingerprint density at radius 1 is 1.36 bits per heavy atom. The van der Waals surface area contributed by atoms with Crippen molar-refractivity contribution in [3.05, 3.63) is 40.5 Å². The van der Waals surface area contributed by atoms with Gasteiger partial charge in [-0.1, -0.05) is 34.1 Å². The molecule has 0 unspecified atom stereocenters. The van der Waals surface area contributed by atoms with Crippen LogP contribution < -0.4 is 5.32 Å². The molecule has 9 nitrogen and oxygen atoms in total. The van der Waals surface area contributed by atoms with Crippen LogP contribution in [0.3, 0.4) is 0 Å². The van der Waals surface area contributed by atoms with Gasteiger partial charge >= 0.3 is 0 Å². The molecule has 1 amide bonds. The molecule has 0 spiro atoms. The molecule has 28 heavy (non-hydrogen) atoms. The number of aromatic nitrogens is 2. The van der Waals surface area contributed by atoms with Gasteiger partial charge in [0.1, 0.15) is 10.4 Å². The third-order valence-corrected chi connectivity index (χ3v) is 6.99. The second-order valence-electron chi connectivity index (χ2n) is 6.62. The molecule has 1 aliphatic carbocycles. The van der Waals surface area contributed by atoms with E-state index in [0.29, 0.717) is 29.0 Å². The zero-order chi connectivity index (χ0) is 20.5. The lowest BCUT2D eigenvalue weighted by Gasteiger charge is -2.27. The Kier molecular flexibility index (Phi) is 5.76. The number of hydrogen-bond donors (Lipinski definition) is 1. The summed E-state index contributed by atoms with van der Waals surface area (Å²) in [6.07, 6.45) is 3.16. The number of hydroxylamine groups is 1. The van der Waals surface area contributed by atoms with Gasteiger partial charge in [0, 0.05) is 19.5 Å². The number of amides is 1. The topological polar surface area (TPSA) is 115 Å². The first-order valence-electron chi connectivity index (χ1n) is 8.65. The molecule has 2 aromatic rings. The predicted molar refractivity (Wildman–Crippen MR) is 100 cm³/mol. The Morgan fingerprint density at radius 2 is 2.04 bits per heavy atom. The van der Waals surface area contributed by atoms with Crippen molar-refractivity contribution < 1.29 is 22.6 Å². The lowest BCUT2D eigenvalue weighted by atomic mass is 9.96. The van der Waals surface area contributed by atoms with Crippen LogP contribution in [-0.2, 0) is 20.4 Å². The van der Waals surface area contributed by atoms with Crippen molar-refractivity contribution in [2.24, 2.45) is 0 Å². The number of benzene rings is 1. The zero-order valence-corrected chi connectivity index (χ0v) is 17.3. The van der Waals surface area contributed by atoms with Gasteiger partial charge < -0.3 is 9.84 Å². The summed E-state index contributed by atoms with van der Waals surface area (Å²) < 4.78 is 30.8. The van der Waals surface area contributed by atoms with Crippen molar-refractivity contribution >= 4 is 27.5 Å². The van der Waals surface area contributed by atoms with E-state index in [1.165, 1.54) is 32.4 Å². The van der Waals surface area contributed by atoms with Gasteiger partial charge in [-0.05, 0) is 31.0 Å². The first-order chi connectivity index (χ1) is 13.2. The summed E-state index contributed by atoms with van der Waals surface area (Å²) in [7, 11) is -1.55. The molecule has 1 heterocycles. The second kappa shape index (κ2) is 7.78. The third-order valence-electron chi connectivity index (χ3n) is 4.83. The van der Waals surface area contributed by atoms with E-state index in [-0.39, 0.29) is 15.5 Å². The standard InChI is InChI=1S/C17H21ClN4O5S/c1-11-19-16(21-27-11)17(8-4-5-9-17)20-15(23)12-6-7-13(18)14(10-12)28(24,25)22(2)26-3/h6-7,10H,4-5,8-9H2,1-3H3,(H,20,23). The highest BCUT2D eigenvalue weighted by atomic mass is 35.5. The Labute approximate surface area is 168 Å². The van der Waals surface area contributed by atoms with Gasteiger partial charge in [0.05, 0.1) is 12.1 Å². The van der Waals surface area contributed by atoms with Gasteiger partial charge in [0.25, 0.3) is 15.9 Å². The van der Waals surface area contributed by atoms with E-state index in [9.17, 15) is 13.2 Å². The maximum absolute atomic E-state index is 12.9. The quantitative estimate of drug-likeness (QED) is 0.702. The minimum Gasteiger partial charge on any atom is -0.340 e. The first-order valence-corrected chi connectivity index (χ1v) is 10.5. The molecule has 1 N–H and O–H groups in total. The number of nitrogens with zero attached hydrogens (tertiary/aromatic N) is 3. The minimum absolute atomic E-state index is 0.00942. The molecule has 0 aliphatic heterocycles. The number of carbonyl (C=O) groups is 1. The van der Waals surface area contributed by atoms with Crippen molar-refractivity contribution in [1.82, 2.24) is 19.9 Å². The van der Waals surface area contributed by atoms with E-state index in [4.69, 9.17) is 21.0 Å². The fraction of sp³-hybridized carbons (Fsp3) is 0.471. The Morgan fingerprint density at radius 3 is 2.61 bits per heavy atom. The molecule has 0 radical (unpaired) electrons. The molecule has 152 valence electrons. The lowest BCUT2D eigenvalue weighted by Crippen LogP contribution is -2.44. The van der Waals surface area contributed by atoms with Crippen molar-refractivity contribution in [2.45, 2.75) is 43.0 Å². The van der Waals surface area contributed by atoms with Gasteiger partial charge in [-0.25, -0.2) is 8.42 Å². The summed E-state index contributed by atoms with van der Waals surface area (Å²) in [6, 6.07) is 4.06. The second-order valence-corrected chi connectivity index (χ2v) is 8.93. The average Bonchev–Trinajstić information content (AvgIpc) is 3.31. The first kappa shape index (κ1) is 20.7.